The van der Waals surface area contributed by atoms with Crippen LogP contribution in [0.25, 0.3) is 0 Å². The second kappa shape index (κ2) is 5.27. The van der Waals surface area contributed by atoms with Crippen molar-refractivity contribution in [3.8, 4) is 0 Å². The van der Waals surface area contributed by atoms with Gasteiger partial charge in [0.05, 0.1) is 11.7 Å². The normalized spacial score (nSPS) is 20.5. The van der Waals surface area contributed by atoms with Crippen LogP contribution in [-0.4, -0.2) is 35.9 Å². The fourth-order valence-corrected chi connectivity index (χ4v) is 2.43. The highest BCUT2D eigenvalue weighted by Gasteiger charge is 2.25. The maximum atomic E-state index is 11.5. The van der Waals surface area contributed by atoms with E-state index in [1.807, 2.05) is 12.1 Å². The standard InChI is InChI=1S/C13H19N3O/c1-3-16-9-5-8-12(16)10-6-4-7-11(15-10)13(17)14-2/h4,6-7,12H,3,5,8-9H2,1-2H3,(H,14,17)/t12-/m1/s1. The van der Waals surface area contributed by atoms with Crippen LogP contribution in [0.4, 0.5) is 0 Å². The van der Waals surface area contributed by atoms with Crippen molar-refractivity contribution >= 4 is 5.91 Å². The molecule has 1 aromatic heterocycles. The van der Waals surface area contributed by atoms with E-state index < -0.39 is 0 Å². The monoisotopic (exact) mass is 233 g/mol. The molecule has 17 heavy (non-hydrogen) atoms. The Morgan fingerprint density at radius 1 is 1.59 bits per heavy atom. The summed E-state index contributed by atoms with van der Waals surface area (Å²) in [4.78, 5) is 18.4. The van der Waals surface area contributed by atoms with Crippen LogP contribution in [-0.2, 0) is 0 Å². The summed E-state index contributed by atoms with van der Waals surface area (Å²) in [6.07, 6.45) is 2.35. The second-order valence-electron chi connectivity index (χ2n) is 4.31. The van der Waals surface area contributed by atoms with E-state index in [-0.39, 0.29) is 5.91 Å². The summed E-state index contributed by atoms with van der Waals surface area (Å²) in [5.41, 5.74) is 1.53. The van der Waals surface area contributed by atoms with Crippen LogP contribution in [0.15, 0.2) is 18.2 Å². The molecule has 1 atom stereocenters. The molecule has 0 bridgehead atoms. The summed E-state index contributed by atoms with van der Waals surface area (Å²) in [5, 5.41) is 2.61. The molecule has 92 valence electrons. The van der Waals surface area contributed by atoms with Crippen molar-refractivity contribution in [2.75, 3.05) is 20.1 Å². The number of pyridine rings is 1. The second-order valence-corrected chi connectivity index (χ2v) is 4.31. The molecule has 1 saturated heterocycles. The zero-order chi connectivity index (χ0) is 12.3. The molecule has 2 rings (SSSR count). The summed E-state index contributed by atoms with van der Waals surface area (Å²) >= 11 is 0. The van der Waals surface area contributed by atoms with Gasteiger partial charge in [0.15, 0.2) is 0 Å². The van der Waals surface area contributed by atoms with Gasteiger partial charge in [0.25, 0.3) is 5.91 Å². The first-order valence-electron chi connectivity index (χ1n) is 6.19. The topological polar surface area (TPSA) is 45.2 Å². The van der Waals surface area contributed by atoms with E-state index in [0.717, 1.165) is 25.2 Å². The minimum absolute atomic E-state index is 0.118. The molecule has 0 radical (unpaired) electrons. The third-order valence-electron chi connectivity index (χ3n) is 3.34. The van der Waals surface area contributed by atoms with Gasteiger partial charge in [-0.25, -0.2) is 4.98 Å². The molecule has 0 saturated carbocycles. The average Bonchev–Trinajstić information content (AvgIpc) is 2.86. The molecular formula is C13H19N3O. The van der Waals surface area contributed by atoms with E-state index >= 15 is 0 Å². The van der Waals surface area contributed by atoms with E-state index in [1.54, 1.807) is 13.1 Å². The molecule has 4 nitrogen and oxygen atoms in total. The predicted molar refractivity (Wildman–Crippen MR) is 66.8 cm³/mol. The van der Waals surface area contributed by atoms with Crippen molar-refractivity contribution in [2.24, 2.45) is 0 Å². The van der Waals surface area contributed by atoms with Gasteiger partial charge in [0, 0.05) is 7.05 Å². The average molecular weight is 233 g/mol. The van der Waals surface area contributed by atoms with Crippen LogP contribution in [0, 0.1) is 0 Å². The van der Waals surface area contributed by atoms with Crippen molar-refractivity contribution in [2.45, 2.75) is 25.8 Å². The van der Waals surface area contributed by atoms with Crippen LogP contribution in [0.5, 0.6) is 0 Å². The molecular weight excluding hydrogens is 214 g/mol. The molecule has 1 aliphatic heterocycles. The SMILES string of the molecule is CCN1CCC[C@@H]1c1cccc(C(=O)NC)n1. The maximum absolute atomic E-state index is 11.5. The Labute approximate surface area is 102 Å². The molecule has 1 aliphatic rings. The van der Waals surface area contributed by atoms with Gasteiger partial charge in [-0.05, 0) is 38.1 Å². The maximum Gasteiger partial charge on any atom is 0.269 e. The quantitative estimate of drug-likeness (QED) is 0.862. The van der Waals surface area contributed by atoms with Crippen molar-refractivity contribution in [3.05, 3.63) is 29.6 Å². The van der Waals surface area contributed by atoms with Gasteiger partial charge in [0.2, 0.25) is 0 Å². The number of carbonyl (C=O) groups excluding carboxylic acids is 1. The first-order valence-corrected chi connectivity index (χ1v) is 6.19. The zero-order valence-electron chi connectivity index (χ0n) is 10.4. The molecule has 0 aromatic carbocycles. The van der Waals surface area contributed by atoms with Crippen molar-refractivity contribution < 1.29 is 4.79 Å². The minimum Gasteiger partial charge on any atom is -0.354 e. The lowest BCUT2D eigenvalue weighted by Crippen LogP contribution is -2.25. The Bertz CT molecular complexity index is 405. The molecule has 1 aromatic rings. The van der Waals surface area contributed by atoms with Crippen LogP contribution in [0.2, 0.25) is 0 Å². The fraction of sp³-hybridized carbons (Fsp3) is 0.538. The van der Waals surface area contributed by atoms with E-state index in [9.17, 15) is 4.79 Å². The number of hydrogen-bond donors (Lipinski definition) is 1. The van der Waals surface area contributed by atoms with Gasteiger partial charge in [-0.1, -0.05) is 13.0 Å². The molecule has 0 spiro atoms. The van der Waals surface area contributed by atoms with Crippen LogP contribution in [0.3, 0.4) is 0 Å². The summed E-state index contributed by atoms with van der Waals surface area (Å²) in [7, 11) is 1.63. The summed E-state index contributed by atoms with van der Waals surface area (Å²) in [6, 6.07) is 6.07. The molecule has 4 heteroatoms. The van der Waals surface area contributed by atoms with Crippen molar-refractivity contribution in [3.63, 3.8) is 0 Å². The third kappa shape index (κ3) is 2.47. The predicted octanol–water partition coefficient (Wildman–Crippen LogP) is 1.60. The number of nitrogens with zero attached hydrogens (tertiary/aromatic N) is 2. The van der Waals surface area contributed by atoms with Gasteiger partial charge < -0.3 is 5.32 Å². The Balaban J connectivity index is 2.23. The van der Waals surface area contributed by atoms with Gasteiger partial charge in [-0.2, -0.15) is 0 Å². The number of amides is 1. The largest absolute Gasteiger partial charge is 0.354 e. The summed E-state index contributed by atoms with van der Waals surface area (Å²) in [5.74, 6) is -0.118. The first kappa shape index (κ1) is 12.0. The van der Waals surface area contributed by atoms with E-state index in [4.69, 9.17) is 0 Å². The number of nitrogens with one attached hydrogen (secondary N) is 1. The Kier molecular flexibility index (Phi) is 3.74. The summed E-state index contributed by atoms with van der Waals surface area (Å²) in [6.45, 7) is 4.34. The molecule has 0 aliphatic carbocycles. The van der Waals surface area contributed by atoms with Crippen molar-refractivity contribution in [1.82, 2.24) is 15.2 Å². The van der Waals surface area contributed by atoms with E-state index in [1.165, 1.54) is 6.42 Å². The van der Waals surface area contributed by atoms with Gasteiger partial charge >= 0.3 is 0 Å². The van der Waals surface area contributed by atoms with E-state index in [0.29, 0.717) is 11.7 Å². The molecule has 1 amide bonds. The Morgan fingerprint density at radius 3 is 3.12 bits per heavy atom. The number of hydrogen-bond acceptors (Lipinski definition) is 3. The highest BCUT2D eigenvalue weighted by Crippen LogP contribution is 2.30. The Hall–Kier alpha value is -1.42. The number of aromatic nitrogens is 1. The lowest BCUT2D eigenvalue weighted by molar-refractivity contribution is 0.0957. The lowest BCUT2D eigenvalue weighted by atomic mass is 10.1. The van der Waals surface area contributed by atoms with Gasteiger partial charge in [0.1, 0.15) is 5.69 Å². The van der Waals surface area contributed by atoms with E-state index in [2.05, 4.69) is 22.1 Å². The summed E-state index contributed by atoms with van der Waals surface area (Å²) < 4.78 is 0. The van der Waals surface area contributed by atoms with Gasteiger partial charge in [-0.3, -0.25) is 9.69 Å². The minimum atomic E-state index is -0.118. The van der Waals surface area contributed by atoms with Crippen LogP contribution >= 0.6 is 0 Å². The number of likely N-dealkylation sites (tertiary alicyclic amines) is 1. The molecule has 1 fully saturated rings. The third-order valence-corrected chi connectivity index (χ3v) is 3.34. The molecule has 0 unspecified atom stereocenters. The van der Waals surface area contributed by atoms with Crippen LogP contribution < -0.4 is 5.32 Å². The number of carbonyl (C=O) groups is 1. The lowest BCUT2D eigenvalue weighted by Gasteiger charge is -2.22. The highest BCUT2D eigenvalue weighted by atomic mass is 16.1. The molecule has 1 N–H and O–H groups in total. The van der Waals surface area contributed by atoms with Crippen LogP contribution in [0.1, 0.15) is 42.0 Å². The fourth-order valence-electron chi connectivity index (χ4n) is 2.43. The number of rotatable bonds is 3. The highest BCUT2D eigenvalue weighted by molar-refractivity contribution is 5.91. The first-order chi connectivity index (χ1) is 8.26. The smallest absolute Gasteiger partial charge is 0.269 e. The van der Waals surface area contributed by atoms with Crippen molar-refractivity contribution in [1.29, 1.82) is 0 Å². The van der Waals surface area contributed by atoms with Gasteiger partial charge in [-0.15, -0.1) is 0 Å². The Morgan fingerprint density at radius 2 is 2.41 bits per heavy atom. The zero-order valence-corrected chi connectivity index (χ0v) is 10.4. The molecule has 2 heterocycles.